The molecule has 0 aliphatic carbocycles. The van der Waals surface area contributed by atoms with Gasteiger partial charge in [0.25, 0.3) is 0 Å². The Morgan fingerprint density at radius 1 is 1.23 bits per heavy atom. The summed E-state index contributed by atoms with van der Waals surface area (Å²) < 4.78 is 0. The van der Waals surface area contributed by atoms with Crippen molar-refractivity contribution < 1.29 is 0 Å². The van der Waals surface area contributed by atoms with Crippen LogP contribution in [0.3, 0.4) is 0 Å². The molecule has 1 N–H and O–H groups in total. The third-order valence-corrected chi connectivity index (χ3v) is 2.45. The van der Waals surface area contributed by atoms with Crippen LogP contribution in [0.4, 0.5) is 0 Å². The van der Waals surface area contributed by atoms with E-state index in [4.69, 9.17) is 5.41 Å². The minimum Gasteiger partial charge on any atom is -0.313 e. The van der Waals surface area contributed by atoms with Crippen molar-refractivity contribution in [2.24, 2.45) is 0 Å². The highest BCUT2D eigenvalue weighted by atomic mass is 14.3. The molecule has 0 amide bonds. The van der Waals surface area contributed by atoms with Crippen molar-refractivity contribution in [1.82, 2.24) is 0 Å². The van der Waals surface area contributed by atoms with E-state index in [0.717, 1.165) is 6.42 Å². The summed E-state index contributed by atoms with van der Waals surface area (Å²) in [5, 5.41) is 7.12. The lowest BCUT2D eigenvalue weighted by Gasteiger charge is -2.23. The number of benzene rings is 1. The first-order valence-electron chi connectivity index (χ1n) is 4.62. The van der Waals surface area contributed by atoms with E-state index in [9.17, 15) is 0 Å². The first-order valence-corrected chi connectivity index (χ1v) is 4.62. The molecule has 0 saturated carbocycles. The van der Waals surface area contributed by atoms with Crippen molar-refractivity contribution in [2.45, 2.75) is 32.6 Å². The van der Waals surface area contributed by atoms with Gasteiger partial charge >= 0.3 is 0 Å². The number of rotatable bonds is 3. The van der Waals surface area contributed by atoms with Crippen LogP contribution < -0.4 is 0 Å². The quantitative estimate of drug-likeness (QED) is 0.681. The van der Waals surface area contributed by atoms with Gasteiger partial charge in [-0.2, -0.15) is 0 Å². The molecule has 1 heteroatoms. The topological polar surface area (TPSA) is 23.9 Å². The van der Waals surface area contributed by atoms with E-state index in [2.05, 4.69) is 45.0 Å². The minimum absolute atomic E-state index is 0.0927. The van der Waals surface area contributed by atoms with Crippen LogP contribution in [0.5, 0.6) is 0 Å². The molecule has 0 bridgehead atoms. The number of hydrogen-bond donors (Lipinski definition) is 1. The van der Waals surface area contributed by atoms with E-state index in [0.29, 0.717) is 0 Å². The van der Waals surface area contributed by atoms with Crippen LogP contribution in [0.15, 0.2) is 24.3 Å². The second-order valence-corrected chi connectivity index (χ2v) is 4.16. The van der Waals surface area contributed by atoms with Gasteiger partial charge < -0.3 is 5.41 Å². The Labute approximate surface area is 80.3 Å². The number of nitrogens with one attached hydrogen (secondary N) is 1. The SMILES string of the molecule is Cc1ccc(C(C)(C)CC=N)cc1. The number of hydrogen-bond acceptors (Lipinski definition) is 1. The average molecular weight is 175 g/mol. The second kappa shape index (κ2) is 3.73. The van der Waals surface area contributed by atoms with Gasteiger partial charge in [0, 0.05) is 0 Å². The van der Waals surface area contributed by atoms with Crippen molar-refractivity contribution in [3.63, 3.8) is 0 Å². The summed E-state index contributed by atoms with van der Waals surface area (Å²) in [6.45, 7) is 6.43. The summed E-state index contributed by atoms with van der Waals surface area (Å²) in [5.74, 6) is 0. The molecule has 0 saturated heterocycles. The van der Waals surface area contributed by atoms with Crippen LogP contribution >= 0.6 is 0 Å². The van der Waals surface area contributed by atoms with E-state index in [1.807, 2.05) is 0 Å². The molecule has 13 heavy (non-hydrogen) atoms. The molecule has 0 radical (unpaired) electrons. The zero-order chi connectivity index (χ0) is 9.90. The molecule has 0 heterocycles. The van der Waals surface area contributed by atoms with E-state index in [1.54, 1.807) is 0 Å². The highest BCUT2D eigenvalue weighted by molar-refractivity contribution is 5.56. The Bertz CT molecular complexity index is 282. The maximum absolute atomic E-state index is 7.12. The first-order chi connectivity index (χ1) is 6.06. The van der Waals surface area contributed by atoms with Gasteiger partial charge in [-0.05, 0) is 30.5 Å². The van der Waals surface area contributed by atoms with Gasteiger partial charge in [0.05, 0.1) is 0 Å². The van der Waals surface area contributed by atoms with E-state index >= 15 is 0 Å². The van der Waals surface area contributed by atoms with Gasteiger partial charge in [0.15, 0.2) is 0 Å². The Hall–Kier alpha value is -1.11. The van der Waals surface area contributed by atoms with Gasteiger partial charge in [-0.1, -0.05) is 43.7 Å². The van der Waals surface area contributed by atoms with Gasteiger partial charge in [-0.25, -0.2) is 0 Å². The molecule has 0 aliphatic rings. The average Bonchev–Trinajstić information content (AvgIpc) is 2.05. The zero-order valence-corrected chi connectivity index (χ0v) is 8.59. The van der Waals surface area contributed by atoms with E-state index in [-0.39, 0.29) is 5.41 Å². The van der Waals surface area contributed by atoms with Crippen molar-refractivity contribution in [3.05, 3.63) is 35.4 Å². The van der Waals surface area contributed by atoms with Gasteiger partial charge in [0.1, 0.15) is 0 Å². The lowest BCUT2D eigenvalue weighted by molar-refractivity contribution is 0.553. The largest absolute Gasteiger partial charge is 0.313 e. The van der Waals surface area contributed by atoms with Crippen molar-refractivity contribution in [2.75, 3.05) is 0 Å². The molecule has 70 valence electrons. The zero-order valence-electron chi connectivity index (χ0n) is 8.59. The maximum atomic E-state index is 7.12. The lowest BCUT2D eigenvalue weighted by Crippen LogP contribution is -2.17. The summed E-state index contributed by atoms with van der Waals surface area (Å²) in [6.07, 6.45) is 2.29. The molecular formula is C12H17N. The smallest absolute Gasteiger partial charge is 0.00391 e. The van der Waals surface area contributed by atoms with Crippen molar-refractivity contribution >= 4 is 6.21 Å². The van der Waals surface area contributed by atoms with Crippen molar-refractivity contribution in [3.8, 4) is 0 Å². The van der Waals surface area contributed by atoms with Crippen LogP contribution in [-0.2, 0) is 5.41 Å². The molecule has 1 aromatic carbocycles. The lowest BCUT2D eigenvalue weighted by atomic mass is 9.82. The van der Waals surface area contributed by atoms with Crippen LogP contribution in [0.2, 0.25) is 0 Å². The van der Waals surface area contributed by atoms with Gasteiger partial charge in [0.2, 0.25) is 0 Å². The molecule has 0 atom stereocenters. The third-order valence-electron chi connectivity index (χ3n) is 2.45. The summed E-state index contributed by atoms with van der Waals surface area (Å²) in [7, 11) is 0. The Balaban J connectivity index is 2.93. The molecular weight excluding hydrogens is 158 g/mol. The predicted molar refractivity (Wildman–Crippen MR) is 57.6 cm³/mol. The monoisotopic (exact) mass is 175 g/mol. The molecule has 0 fully saturated rings. The Kier molecular flexibility index (Phi) is 2.86. The predicted octanol–water partition coefficient (Wildman–Crippen LogP) is 3.31. The fraction of sp³-hybridized carbons (Fsp3) is 0.417. The molecule has 0 aliphatic heterocycles. The second-order valence-electron chi connectivity index (χ2n) is 4.16. The fourth-order valence-corrected chi connectivity index (χ4v) is 1.38. The Morgan fingerprint density at radius 3 is 2.23 bits per heavy atom. The third kappa shape index (κ3) is 2.41. The summed E-state index contributed by atoms with van der Waals surface area (Å²) in [4.78, 5) is 0. The highest BCUT2D eigenvalue weighted by Gasteiger charge is 2.18. The van der Waals surface area contributed by atoms with E-state index in [1.165, 1.54) is 17.3 Å². The van der Waals surface area contributed by atoms with Crippen molar-refractivity contribution in [1.29, 1.82) is 5.41 Å². The number of aryl methyl sites for hydroxylation is 1. The molecule has 1 aromatic rings. The summed E-state index contributed by atoms with van der Waals surface area (Å²) in [6, 6.07) is 8.56. The van der Waals surface area contributed by atoms with Gasteiger partial charge in [-0.3, -0.25) is 0 Å². The van der Waals surface area contributed by atoms with E-state index < -0.39 is 0 Å². The van der Waals surface area contributed by atoms with Crippen LogP contribution in [0.1, 0.15) is 31.4 Å². The fourth-order valence-electron chi connectivity index (χ4n) is 1.38. The maximum Gasteiger partial charge on any atom is -0.00391 e. The van der Waals surface area contributed by atoms with Crippen LogP contribution in [-0.4, -0.2) is 6.21 Å². The Morgan fingerprint density at radius 2 is 1.77 bits per heavy atom. The molecule has 0 aromatic heterocycles. The molecule has 1 nitrogen and oxygen atoms in total. The summed E-state index contributed by atoms with van der Waals surface area (Å²) in [5.41, 5.74) is 2.69. The van der Waals surface area contributed by atoms with Crippen LogP contribution in [0.25, 0.3) is 0 Å². The minimum atomic E-state index is 0.0927. The van der Waals surface area contributed by atoms with Crippen LogP contribution in [0, 0.1) is 12.3 Å². The molecule has 0 unspecified atom stereocenters. The first kappa shape index (κ1) is 9.97. The molecule has 1 rings (SSSR count). The molecule has 0 spiro atoms. The van der Waals surface area contributed by atoms with Gasteiger partial charge in [-0.15, -0.1) is 0 Å². The highest BCUT2D eigenvalue weighted by Crippen LogP contribution is 2.25. The normalized spacial score (nSPS) is 11.3. The summed E-state index contributed by atoms with van der Waals surface area (Å²) >= 11 is 0. The standard InChI is InChI=1S/C12H17N/c1-10-4-6-11(7-5-10)12(2,3)8-9-13/h4-7,9,13H,8H2,1-3H3.